The normalized spacial score (nSPS) is 17.3. The van der Waals surface area contributed by atoms with E-state index in [4.69, 9.17) is 0 Å². The quantitative estimate of drug-likeness (QED) is 0.910. The summed E-state index contributed by atoms with van der Waals surface area (Å²) in [6.07, 6.45) is 3.75. The zero-order chi connectivity index (χ0) is 15.4. The van der Waals surface area contributed by atoms with Gasteiger partial charge in [-0.15, -0.1) is 0 Å². The molecule has 1 atom stereocenters. The molecule has 3 rings (SSSR count). The number of nitrogens with zero attached hydrogens (tertiary/aromatic N) is 3. The van der Waals surface area contributed by atoms with Crippen molar-refractivity contribution in [2.75, 3.05) is 23.3 Å². The van der Waals surface area contributed by atoms with Gasteiger partial charge in [-0.1, -0.05) is 12.1 Å². The molecule has 2 N–H and O–H groups in total. The summed E-state index contributed by atoms with van der Waals surface area (Å²) in [6.45, 7) is 1.30. The van der Waals surface area contributed by atoms with E-state index in [-0.39, 0.29) is 17.9 Å². The number of urea groups is 1. The van der Waals surface area contributed by atoms with Crippen LogP contribution in [-0.2, 0) is 0 Å². The fourth-order valence-corrected chi connectivity index (χ4v) is 2.52. The van der Waals surface area contributed by atoms with Gasteiger partial charge in [0.2, 0.25) is 0 Å². The van der Waals surface area contributed by atoms with Gasteiger partial charge in [-0.3, -0.25) is 0 Å². The third kappa shape index (κ3) is 3.30. The predicted molar refractivity (Wildman–Crippen MR) is 81.2 cm³/mol. The van der Waals surface area contributed by atoms with Crippen LogP contribution in [0.1, 0.15) is 6.42 Å². The monoisotopic (exact) mass is 301 g/mol. The molecule has 1 aromatic heterocycles. The average Bonchev–Trinajstić information content (AvgIpc) is 2.97. The first kappa shape index (κ1) is 14.2. The number of amides is 2. The summed E-state index contributed by atoms with van der Waals surface area (Å²) in [5.74, 6) is -0.240. The molecule has 1 unspecified atom stereocenters. The van der Waals surface area contributed by atoms with Gasteiger partial charge in [-0.2, -0.15) is 10.2 Å². The number of halogens is 1. The Balaban J connectivity index is 1.55. The van der Waals surface area contributed by atoms with Crippen LogP contribution < -0.4 is 15.5 Å². The maximum absolute atomic E-state index is 13.8. The van der Waals surface area contributed by atoms with E-state index in [2.05, 4.69) is 20.8 Å². The van der Waals surface area contributed by atoms with Crippen molar-refractivity contribution < 1.29 is 9.18 Å². The van der Waals surface area contributed by atoms with E-state index in [9.17, 15) is 9.18 Å². The van der Waals surface area contributed by atoms with Gasteiger partial charge in [-0.05, 0) is 24.6 Å². The number of carbonyl (C=O) groups excluding carboxylic acids is 1. The number of carbonyl (C=O) groups is 1. The number of para-hydroxylation sites is 1. The van der Waals surface area contributed by atoms with Crippen molar-refractivity contribution >= 4 is 17.4 Å². The summed E-state index contributed by atoms with van der Waals surface area (Å²) in [5, 5.41) is 12.9. The maximum Gasteiger partial charge on any atom is 0.319 e. The minimum Gasteiger partial charge on any atom is -0.367 e. The minimum atomic E-state index is -0.298. The molecular formula is C15H16FN5O. The van der Waals surface area contributed by atoms with Crippen LogP contribution in [-0.4, -0.2) is 35.4 Å². The van der Waals surface area contributed by atoms with Gasteiger partial charge in [0.25, 0.3) is 0 Å². The van der Waals surface area contributed by atoms with Crippen LogP contribution in [0.2, 0.25) is 0 Å². The van der Waals surface area contributed by atoms with Crippen molar-refractivity contribution in [2.24, 2.45) is 0 Å². The molecule has 0 bridgehead atoms. The Kier molecular flexibility index (Phi) is 4.13. The molecule has 2 aromatic rings. The fourth-order valence-electron chi connectivity index (χ4n) is 2.52. The Labute approximate surface area is 127 Å². The van der Waals surface area contributed by atoms with Gasteiger partial charge in [0.05, 0.1) is 23.8 Å². The first-order valence-electron chi connectivity index (χ1n) is 7.06. The SMILES string of the molecule is O=C(Nc1ccnnc1)NC1CCN(c2ccccc2F)C1. The molecular weight excluding hydrogens is 285 g/mol. The molecule has 0 saturated carbocycles. The lowest BCUT2D eigenvalue weighted by molar-refractivity contribution is 0.249. The van der Waals surface area contributed by atoms with Crippen LogP contribution in [0.25, 0.3) is 0 Å². The predicted octanol–water partition coefficient (Wildman–Crippen LogP) is 2.02. The average molecular weight is 301 g/mol. The lowest BCUT2D eigenvalue weighted by Crippen LogP contribution is -2.39. The van der Waals surface area contributed by atoms with E-state index in [1.54, 1.807) is 18.2 Å². The molecule has 1 saturated heterocycles. The van der Waals surface area contributed by atoms with Gasteiger partial charge in [-0.25, -0.2) is 9.18 Å². The Bertz CT molecular complexity index is 651. The molecule has 114 valence electrons. The minimum absolute atomic E-state index is 0.0191. The van der Waals surface area contributed by atoms with Crippen molar-refractivity contribution in [3.8, 4) is 0 Å². The van der Waals surface area contributed by atoms with E-state index in [1.165, 1.54) is 18.5 Å². The van der Waals surface area contributed by atoms with E-state index in [1.807, 2.05) is 11.0 Å². The molecule has 2 amide bonds. The third-order valence-corrected chi connectivity index (χ3v) is 3.56. The highest BCUT2D eigenvalue weighted by Gasteiger charge is 2.25. The molecule has 2 heterocycles. The van der Waals surface area contributed by atoms with E-state index in [0.717, 1.165) is 6.42 Å². The second-order valence-electron chi connectivity index (χ2n) is 5.11. The van der Waals surface area contributed by atoms with E-state index >= 15 is 0 Å². The summed E-state index contributed by atoms with van der Waals surface area (Å²) in [6, 6.07) is 8.01. The summed E-state index contributed by atoms with van der Waals surface area (Å²) in [5.41, 5.74) is 1.15. The highest BCUT2D eigenvalue weighted by atomic mass is 19.1. The molecule has 0 aliphatic carbocycles. The smallest absolute Gasteiger partial charge is 0.319 e. The van der Waals surface area contributed by atoms with Gasteiger partial charge in [0, 0.05) is 19.1 Å². The van der Waals surface area contributed by atoms with Crippen LogP contribution in [0, 0.1) is 5.82 Å². The molecule has 6 nitrogen and oxygen atoms in total. The fraction of sp³-hybridized carbons (Fsp3) is 0.267. The largest absolute Gasteiger partial charge is 0.367 e. The summed E-state index contributed by atoms with van der Waals surface area (Å²) in [7, 11) is 0. The van der Waals surface area contributed by atoms with Gasteiger partial charge in [0.15, 0.2) is 0 Å². The number of nitrogens with one attached hydrogen (secondary N) is 2. The molecule has 1 fully saturated rings. The molecule has 1 aromatic carbocycles. The molecule has 0 radical (unpaired) electrons. The van der Waals surface area contributed by atoms with Crippen molar-refractivity contribution in [3.63, 3.8) is 0 Å². The van der Waals surface area contributed by atoms with Gasteiger partial charge < -0.3 is 15.5 Å². The Morgan fingerprint density at radius 1 is 1.27 bits per heavy atom. The summed E-state index contributed by atoms with van der Waals surface area (Å²) >= 11 is 0. The van der Waals surface area contributed by atoms with E-state index in [0.29, 0.717) is 24.5 Å². The van der Waals surface area contributed by atoms with Crippen molar-refractivity contribution in [2.45, 2.75) is 12.5 Å². The zero-order valence-corrected chi connectivity index (χ0v) is 11.9. The molecule has 0 spiro atoms. The first-order chi connectivity index (χ1) is 10.7. The number of aromatic nitrogens is 2. The van der Waals surface area contributed by atoms with Crippen LogP contribution in [0.15, 0.2) is 42.7 Å². The van der Waals surface area contributed by atoms with Crippen molar-refractivity contribution in [3.05, 3.63) is 48.5 Å². The molecule has 1 aliphatic rings. The number of anilines is 2. The number of rotatable bonds is 3. The molecule has 1 aliphatic heterocycles. The highest BCUT2D eigenvalue weighted by molar-refractivity contribution is 5.89. The topological polar surface area (TPSA) is 70.1 Å². The zero-order valence-electron chi connectivity index (χ0n) is 11.9. The highest BCUT2D eigenvalue weighted by Crippen LogP contribution is 2.23. The van der Waals surface area contributed by atoms with Gasteiger partial charge in [0.1, 0.15) is 5.82 Å². The summed E-state index contributed by atoms with van der Waals surface area (Å²) in [4.78, 5) is 13.9. The standard InChI is InChI=1S/C15H16FN5O/c16-13-3-1-2-4-14(13)21-8-6-12(10-21)20-15(22)19-11-5-7-17-18-9-11/h1-5,7,9,12H,6,8,10H2,(H2,17,19,20,22). The first-order valence-corrected chi connectivity index (χ1v) is 7.06. The van der Waals surface area contributed by atoms with Crippen molar-refractivity contribution in [1.82, 2.24) is 15.5 Å². The molecule has 7 heteroatoms. The van der Waals surface area contributed by atoms with Crippen LogP contribution in [0.4, 0.5) is 20.6 Å². The maximum atomic E-state index is 13.8. The van der Waals surface area contributed by atoms with Crippen molar-refractivity contribution in [1.29, 1.82) is 0 Å². The van der Waals surface area contributed by atoms with Gasteiger partial charge >= 0.3 is 6.03 Å². The van der Waals surface area contributed by atoms with Crippen LogP contribution in [0.5, 0.6) is 0 Å². The van der Waals surface area contributed by atoms with Crippen LogP contribution in [0.3, 0.4) is 0 Å². The summed E-state index contributed by atoms with van der Waals surface area (Å²) < 4.78 is 13.8. The lowest BCUT2D eigenvalue weighted by atomic mass is 10.2. The Morgan fingerprint density at radius 2 is 2.14 bits per heavy atom. The van der Waals surface area contributed by atoms with Crippen LogP contribution >= 0.6 is 0 Å². The third-order valence-electron chi connectivity index (χ3n) is 3.56. The number of hydrogen-bond acceptors (Lipinski definition) is 4. The Morgan fingerprint density at radius 3 is 2.91 bits per heavy atom. The number of benzene rings is 1. The second-order valence-corrected chi connectivity index (χ2v) is 5.11. The lowest BCUT2D eigenvalue weighted by Gasteiger charge is -2.19. The van der Waals surface area contributed by atoms with E-state index < -0.39 is 0 Å². The second kappa shape index (κ2) is 6.38. The Hall–Kier alpha value is -2.70. The number of hydrogen-bond donors (Lipinski definition) is 2. The molecule has 22 heavy (non-hydrogen) atoms.